The molecule has 0 aliphatic heterocycles. The molecule has 0 saturated carbocycles. The lowest BCUT2D eigenvalue weighted by Gasteiger charge is -2.33. The lowest BCUT2D eigenvalue weighted by molar-refractivity contribution is 0.0451. The molecule has 0 amide bonds. The zero-order valence-corrected chi connectivity index (χ0v) is 19.9. The van der Waals surface area contributed by atoms with E-state index in [0.29, 0.717) is 21.9 Å². The zero-order chi connectivity index (χ0) is 21.9. The molecule has 8 nitrogen and oxygen atoms in total. The molecule has 0 fully saturated rings. The number of ether oxygens (including phenoxy) is 1. The molecule has 1 N–H and O–H groups in total. The molecule has 2 aromatic carbocycles. The molecular formula is C21H28N4O4Si. The largest absolute Gasteiger partial charge is 0.537 e. The molecule has 0 aliphatic carbocycles. The number of hydrogen-bond acceptors (Lipinski definition) is 4. The van der Waals surface area contributed by atoms with Crippen LogP contribution in [0.4, 0.5) is 4.79 Å². The van der Waals surface area contributed by atoms with Gasteiger partial charge in [0.1, 0.15) is 5.69 Å². The number of nitrogens with zero attached hydrogens (tertiary/aromatic N) is 4. The fraction of sp³-hybridized carbons (Fsp3) is 0.286. The Morgan fingerprint density at radius 2 is 1.53 bits per heavy atom. The monoisotopic (exact) mass is 428 g/mol. The second-order valence-electron chi connectivity index (χ2n) is 7.66. The summed E-state index contributed by atoms with van der Waals surface area (Å²) in [6, 6.07) is 18.9. The van der Waals surface area contributed by atoms with Gasteiger partial charge in [-0.25, -0.2) is 9.48 Å². The van der Waals surface area contributed by atoms with E-state index in [0.717, 1.165) is 15.3 Å². The normalized spacial score (nSPS) is 11.3. The minimum Gasteiger partial charge on any atom is -0.537 e. The van der Waals surface area contributed by atoms with Crippen molar-refractivity contribution in [2.24, 2.45) is 0 Å². The highest BCUT2D eigenvalue weighted by atomic mass is 28.2. The Labute approximate surface area is 178 Å². The van der Waals surface area contributed by atoms with E-state index in [1.54, 1.807) is 11.7 Å². The molecule has 0 aliphatic rings. The molecule has 1 aromatic heterocycles. The highest BCUT2D eigenvalue weighted by molar-refractivity contribution is 5.99. The second kappa shape index (κ2) is 8.58. The molecule has 0 spiro atoms. The summed E-state index contributed by atoms with van der Waals surface area (Å²) in [7, 11) is 0.313. The van der Waals surface area contributed by atoms with Crippen LogP contribution < -0.4 is 4.43 Å². The van der Waals surface area contributed by atoms with Crippen molar-refractivity contribution in [2.45, 2.75) is 33.1 Å². The van der Waals surface area contributed by atoms with Crippen molar-refractivity contribution >= 4 is 16.6 Å². The SMILES string of the molecule is CCOC(=O)n1n(O)c(O[SiH3])c(C(C)(C)C)n(-c2ccccc2)n1-c1ccccc1. The summed E-state index contributed by atoms with van der Waals surface area (Å²) in [5, 5.41) is 11.1. The van der Waals surface area contributed by atoms with E-state index in [1.807, 2.05) is 86.1 Å². The maximum absolute atomic E-state index is 13.0. The van der Waals surface area contributed by atoms with Gasteiger partial charge in [-0.2, -0.15) is 4.80 Å². The maximum Gasteiger partial charge on any atom is 0.453 e. The van der Waals surface area contributed by atoms with Crippen LogP contribution in [-0.4, -0.2) is 47.5 Å². The van der Waals surface area contributed by atoms with Gasteiger partial charge in [-0.15, -0.1) is 0 Å². The lowest BCUT2D eigenvalue weighted by Crippen LogP contribution is -2.40. The van der Waals surface area contributed by atoms with Crippen LogP contribution in [0, 0.1) is 0 Å². The maximum atomic E-state index is 13.0. The number of carbonyl (C=O) groups excluding carboxylic acids is 1. The van der Waals surface area contributed by atoms with Gasteiger partial charge in [-0.05, 0) is 31.2 Å². The zero-order valence-electron chi connectivity index (χ0n) is 17.9. The first-order chi connectivity index (χ1) is 14.3. The van der Waals surface area contributed by atoms with Crippen molar-refractivity contribution in [1.29, 1.82) is 0 Å². The minimum absolute atomic E-state index is 0.157. The van der Waals surface area contributed by atoms with E-state index in [-0.39, 0.29) is 12.5 Å². The van der Waals surface area contributed by atoms with E-state index in [4.69, 9.17) is 9.16 Å². The van der Waals surface area contributed by atoms with Gasteiger partial charge in [0.25, 0.3) is 5.88 Å². The quantitative estimate of drug-likeness (QED) is 0.512. The third-order valence-corrected chi connectivity index (χ3v) is 4.85. The van der Waals surface area contributed by atoms with Crippen molar-refractivity contribution < 1.29 is 19.2 Å². The van der Waals surface area contributed by atoms with Crippen LogP contribution >= 0.6 is 0 Å². The number of hydrogen-bond donors (Lipinski definition) is 1. The summed E-state index contributed by atoms with van der Waals surface area (Å²) in [6.45, 7) is 7.94. The highest BCUT2D eigenvalue weighted by Gasteiger charge is 2.32. The fourth-order valence-corrected chi connectivity index (χ4v) is 3.63. The molecule has 0 unspecified atom stereocenters. The Morgan fingerprint density at radius 1 is 1.00 bits per heavy atom. The summed E-state index contributed by atoms with van der Waals surface area (Å²) in [5.41, 5.74) is 1.70. The Balaban J connectivity index is 2.60. The average molecular weight is 429 g/mol. The number of para-hydroxylation sites is 2. The van der Waals surface area contributed by atoms with Crippen LogP contribution in [0.5, 0.6) is 5.88 Å². The summed E-state index contributed by atoms with van der Waals surface area (Å²) in [5.74, 6) is 0.179. The van der Waals surface area contributed by atoms with Crippen molar-refractivity contribution in [1.82, 2.24) is 19.1 Å². The van der Waals surface area contributed by atoms with E-state index in [9.17, 15) is 10.0 Å². The average Bonchev–Trinajstić information content (AvgIpc) is 2.73. The van der Waals surface area contributed by atoms with Crippen LogP contribution in [0.1, 0.15) is 33.4 Å². The van der Waals surface area contributed by atoms with Gasteiger partial charge in [0.2, 0.25) is 10.5 Å². The van der Waals surface area contributed by atoms with Gasteiger partial charge < -0.3 is 14.4 Å². The minimum atomic E-state index is -0.742. The van der Waals surface area contributed by atoms with Gasteiger partial charge >= 0.3 is 6.09 Å². The van der Waals surface area contributed by atoms with Gasteiger partial charge in [-0.3, -0.25) is 0 Å². The number of benzene rings is 2. The third kappa shape index (κ3) is 3.88. The summed E-state index contributed by atoms with van der Waals surface area (Å²) in [6.07, 6.45) is -0.742. The van der Waals surface area contributed by atoms with Crippen LogP contribution in [0.3, 0.4) is 0 Å². The predicted octanol–water partition coefficient (Wildman–Crippen LogP) is 3.19. The van der Waals surface area contributed by atoms with Crippen LogP contribution in [0.15, 0.2) is 60.7 Å². The highest BCUT2D eigenvalue weighted by Crippen LogP contribution is 2.33. The van der Waals surface area contributed by atoms with Gasteiger partial charge in [-0.1, -0.05) is 66.8 Å². The first kappa shape index (κ1) is 21.4. The van der Waals surface area contributed by atoms with Crippen LogP contribution in [0.2, 0.25) is 0 Å². The molecular weight excluding hydrogens is 400 g/mol. The molecule has 0 radical (unpaired) electrons. The van der Waals surface area contributed by atoms with Crippen LogP contribution in [0.25, 0.3) is 11.4 Å². The first-order valence-electron chi connectivity index (χ1n) is 9.76. The van der Waals surface area contributed by atoms with E-state index in [2.05, 4.69) is 0 Å². The molecule has 160 valence electrons. The molecule has 30 heavy (non-hydrogen) atoms. The Hall–Kier alpha value is -3.33. The number of rotatable bonds is 4. The van der Waals surface area contributed by atoms with Gasteiger partial charge in [0, 0.05) is 5.41 Å². The summed E-state index contributed by atoms with van der Waals surface area (Å²) < 4.78 is 12.8. The van der Waals surface area contributed by atoms with Crippen molar-refractivity contribution in [3.05, 3.63) is 66.4 Å². The predicted molar refractivity (Wildman–Crippen MR) is 118 cm³/mol. The Kier molecular flexibility index (Phi) is 6.11. The second-order valence-corrected chi connectivity index (χ2v) is 8.07. The van der Waals surface area contributed by atoms with Crippen LogP contribution in [-0.2, 0) is 10.2 Å². The summed E-state index contributed by atoms with van der Waals surface area (Å²) in [4.78, 5) is 16.3. The molecule has 3 aromatic rings. The fourth-order valence-electron chi connectivity index (χ4n) is 3.28. The van der Waals surface area contributed by atoms with E-state index in [1.165, 1.54) is 0 Å². The third-order valence-electron chi connectivity index (χ3n) is 4.47. The smallest absolute Gasteiger partial charge is 0.453 e. The van der Waals surface area contributed by atoms with Crippen molar-refractivity contribution in [3.8, 4) is 17.3 Å². The molecule has 1 heterocycles. The molecule has 0 bridgehead atoms. The summed E-state index contributed by atoms with van der Waals surface area (Å²) >= 11 is 0. The van der Waals surface area contributed by atoms with Crippen molar-refractivity contribution in [3.63, 3.8) is 0 Å². The topological polar surface area (TPSA) is 75.5 Å². The van der Waals surface area contributed by atoms with Gasteiger partial charge in [0.15, 0.2) is 0 Å². The van der Waals surface area contributed by atoms with Gasteiger partial charge in [0.05, 0.1) is 18.0 Å². The van der Waals surface area contributed by atoms with E-state index >= 15 is 0 Å². The number of carbonyl (C=O) groups is 1. The molecule has 9 heteroatoms. The molecule has 0 atom stereocenters. The molecule has 3 rings (SSSR count). The first-order valence-corrected chi connectivity index (χ1v) is 10.6. The standard InChI is InChI=1S/C21H28N4O4Si/c1-5-28-20(26)24-23(17-14-10-7-11-15-17)22(16-12-8-6-9-13-16)18(21(2,3)4)19(29-30)25(24)27/h6-15,27H,5H2,1-4,30H3. The lowest BCUT2D eigenvalue weighted by atomic mass is 9.92. The Morgan fingerprint density at radius 3 is 2.00 bits per heavy atom. The number of aromatic nitrogens is 4. The Bertz CT molecular complexity index is 1050. The molecule has 0 saturated heterocycles. The van der Waals surface area contributed by atoms with E-state index < -0.39 is 11.5 Å². The van der Waals surface area contributed by atoms with Crippen molar-refractivity contribution in [2.75, 3.05) is 6.61 Å².